The van der Waals surface area contributed by atoms with E-state index in [1.807, 2.05) is 37.3 Å². The second-order valence-corrected chi connectivity index (χ2v) is 8.91. The minimum absolute atomic E-state index is 0.0250. The zero-order chi connectivity index (χ0) is 23.3. The van der Waals surface area contributed by atoms with Crippen LogP contribution in [0.3, 0.4) is 0 Å². The fourth-order valence-corrected chi connectivity index (χ4v) is 4.39. The molecule has 2 rings (SSSR count). The summed E-state index contributed by atoms with van der Waals surface area (Å²) < 4.78 is 5.33. The van der Waals surface area contributed by atoms with Gasteiger partial charge >= 0.3 is 0 Å². The van der Waals surface area contributed by atoms with Crippen LogP contribution in [-0.4, -0.2) is 42.2 Å². The van der Waals surface area contributed by atoms with Crippen LogP contribution in [0, 0.1) is 6.92 Å². The third-order valence-corrected chi connectivity index (χ3v) is 6.27. The molecule has 0 bridgehead atoms. The van der Waals surface area contributed by atoms with Crippen molar-refractivity contribution in [3.05, 3.63) is 65.2 Å². The van der Waals surface area contributed by atoms with Crippen LogP contribution in [0.5, 0.6) is 5.75 Å². The van der Waals surface area contributed by atoms with E-state index in [1.165, 1.54) is 11.1 Å². The van der Waals surface area contributed by atoms with Crippen LogP contribution < -0.4 is 10.1 Å². The third-order valence-electron chi connectivity index (χ3n) is 5.28. The third kappa shape index (κ3) is 8.23. The van der Waals surface area contributed by atoms with E-state index in [4.69, 9.17) is 4.74 Å². The molecule has 0 unspecified atom stereocenters. The molecular weight excluding hydrogens is 420 g/mol. The van der Waals surface area contributed by atoms with Crippen LogP contribution in [0.2, 0.25) is 0 Å². The molecule has 5 nitrogen and oxygen atoms in total. The molecule has 0 spiro atoms. The number of ether oxygens (including phenoxy) is 1. The van der Waals surface area contributed by atoms with E-state index >= 15 is 0 Å². The molecule has 0 aliphatic heterocycles. The van der Waals surface area contributed by atoms with E-state index in [2.05, 4.69) is 37.4 Å². The summed E-state index contributed by atoms with van der Waals surface area (Å²) in [4.78, 5) is 27.9. The second-order valence-electron chi connectivity index (χ2n) is 7.92. The highest BCUT2D eigenvalue weighted by Crippen LogP contribution is 2.20. The maximum absolute atomic E-state index is 13.3. The average molecular weight is 457 g/mol. The number of carbonyl (C=O) groups excluding carboxylic acids is 2. The number of carbonyl (C=O) groups is 2. The Labute approximate surface area is 196 Å². The molecule has 0 heterocycles. The van der Waals surface area contributed by atoms with Crippen molar-refractivity contribution < 1.29 is 14.3 Å². The number of rotatable bonds is 13. The predicted molar refractivity (Wildman–Crippen MR) is 133 cm³/mol. The Morgan fingerprint density at radius 1 is 1.09 bits per heavy atom. The van der Waals surface area contributed by atoms with Crippen molar-refractivity contribution in [2.75, 3.05) is 19.4 Å². The SMILES string of the molecule is CCCCNC(=O)[C@H](CC)N(Cc1cccc(OC)c1)C(=O)CSCc1cccc(C)c1. The highest BCUT2D eigenvalue weighted by molar-refractivity contribution is 7.99. The van der Waals surface area contributed by atoms with Gasteiger partial charge in [-0.2, -0.15) is 0 Å². The lowest BCUT2D eigenvalue weighted by atomic mass is 10.1. The summed E-state index contributed by atoms with van der Waals surface area (Å²) in [6, 6.07) is 15.5. The molecule has 0 aliphatic carbocycles. The van der Waals surface area contributed by atoms with Gasteiger partial charge in [0.25, 0.3) is 0 Å². The molecule has 6 heteroatoms. The molecule has 32 heavy (non-hydrogen) atoms. The maximum Gasteiger partial charge on any atom is 0.242 e. The van der Waals surface area contributed by atoms with Gasteiger partial charge in [-0.25, -0.2) is 0 Å². The Morgan fingerprint density at radius 3 is 2.53 bits per heavy atom. The Balaban J connectivity index is 2.13. The minimum atomic E-state index is -0.495. The molecule has 0 fully saturated rings. The molecule has 2 aromatic rings. The smallest absolute Gasteiger partial charge is 0.242 e. The van der Waals surface area contributed by atoms with Gasteiger partial charge < -0.3 is 15.0 Å². The van der Waals surface area contributed by atoms with Crippen molar-refractivity contribution in [2.45, 2.75) is 58.4 Å². The highest BCUT2D eigenvalue weighted by atomic mass is 32.2. The fourth-order valence-electron chi connectivity index (χ4n) is 3.53. The van der Waals surface area contributed by atoms with Crippen molar-refractivity contribution in [2.24, 2.45) is 0 Å². The molecule has 2 amide bonds. The van der Waals surface area contributed by atoms with Crippen LogP contribution in [0.15, 0.2) is 48.5 Å². The van der Waals surface area contributed by atoms with Crippen molar-refractivity contribution in [1.82, 2.24) is 10.2 Å². The summed E-state index contributed by atoms with van der Waals surface area (Å²) in [5, 5.41) is 3.00. The minimum Gasteiger partial charge on any atom is -0.497 e. The molecule has 2 aromatic carbocycles. The van der Waals surface area contributed by atoms with Crippen molar-refractivity contribution in [1.29, 1.82) is 0 Å². The Hall–Kier alpha value is -2.47. The van der Waals surface area contributed by atoms with E-state index in [0.717, 1.165) is 29.9 Å². The van der Waals surface area contributed by atoms with Gasteiger partial charge in [0.2, 0.25) is 11.8 Å². The number of hydrogen-bond acceptors (Lipinski definition) is 4. The molecule has 0 aromatic heterocycles. The van der Waals surface area contributed by atoms with E-state index in [9.17, 15) is 9.59 Å². The zero-order valence-corrected chi connectivity index (χ0v) is 20.5. The summed E-state index contributed by atoms with van der Waals surface area (Å²) >= 11 is 1.58. The largest absolute Gasteiger partial charge is 0.497 e. The summed E-state index contributed by atoms with van der Waals surface area (Å²) in [7, 11) is 1.62. The number of thioether (sulfide) groups is 1. The number of nitrogens with one attached hydrogen (secondary N) is 1. The van der Waals surface area contributed by atoms with Crippen molar-refractivity contribution in [3.8, 4) is 5.75 Å². The molecule has 0 saturated carbocycles. The first-order chi connectivity index (χ1) is 15.5. The monoisotopic (exact) mass is 456 g/mol. The predicted octanol–water partition coefficient (Wildman–Crippen LogP) is 4.96. The zero-order valence-electron chi connectivity index (χ0n) is 19.7. The Kier molecular flexibility index (Phi) is 11.2. The highest BCUT2D eigenvalue weighted by Gasteiger charge is 2.28. The lowest BCUT2D eigenvalue weighted by Crippen LogP contribution is -2.49. The van der Waals surface area contributed by atoms with Gasteiger partial charge in [0.05, 0.1) is 12.9 Å². The van der Waals surface area contributed by atoms with Crippen LogP contribution in [0.25, 0.3) is 0 Å². The van der Waals surface area contributed by atoms with Gasteiger partial charge in [0, 0.05) is 18.8 Å². The standard InChI is InChI=1S/C26H36N2O3S/c1-5-7-14-27-26(30)24(6-2)28(17-21-11-9-13-23(16-21)31-4)25(29)19-32-18-22-12-8-10-20(3)15-22/h8-13,15-16,24H,5-7,14,17-19H2,1-4H3,(H,27,30)/t24-/m0/s1. The van der Waals surface area contributed by atoms with E-state index in [1.54, 1.807) is 23.8 Å². The molecular formula is C26H36N2O3S. The lowest BCUT2D eigenvalue weighted by molar-refractivity contribution is -0.139. The van der Waals surface area contributed by atoms with Crippen LogP contribution in [0.1, 0.15) is 49.8 Å². The summed E-state index contributed by atoms with van der Waals surface area (Å²) in [6.07, 6.45) is 2.51. The van der Waals surface area contributed by atoms with Gasteiger partial charge in [-0.1, -0.05) is 62.2 Å². The van der Waals surface area contributed by atoms with Gasteiger partial charge in [0.1, 0.15) is 11.8 Å². The number of methoxy groups -OCH3 is 1. The molecule has 174 valence electrons. The normalized spacial score (nSPS) is 11.6. The molecule has 0 saturated heterocycles. The van der Waals surface area contributed by atoms with Gasteiger partial charge in [-0.15, -0.1) is 11.8 Å². The summed E-state index contributed by atoms with van der Waals surface area (Å²) in [5.74, 6) is 1.73. The molecule has 1 N–H and O–H groups in total. The first kappa shape index (κ1) is 25.8. The van der Waals surface area contributed by atoms with E-state index in [-0.39, 0.29) is 11.8 Å². The van der Waals surface area contributed by atoms with E-state index < -0.39 is 6.04 Å². The number of aryl methyl sites for hydroxylation is 1. The number of benzene rings is 2. The lowest BCUT2D eigenvalue weighted by Gasteiger charge is -2.30. The topological polar surface area (TPSA) is 58.6 Å². The molecule has 0 aliphatic rings. The van der Waals surface area contributed by atoms with Gasteiger partial charge in [-0.05, 0) is 43.0 Å². The fraction of sp³-hybridized carbons (Fsp3) is 0.462. The second kappa shape index (κ2) is 13.8. The number of hydrogen-bond donors (Lipinski definition) is 1. The Morgan fingerprint density at radius 2 is 1.84 bits per heavy atom. The van der Waals surface area contributed by atoms with Crippen LogP contribution in [0.4, 0.5) is 0 Å². The maximum atomic E-state index is 13.3. The number of unbranched alkanes of at least 4 members (excludes halogenated alkanes) is 1. The molecule has 1 atom stereocenters. The van der Waals surface area contributed by atoms with E-state index in [0.29, 0.717) is 25.3 Å². The first-order valence-corrected chi connectivity index (χ1v) is 12.5. The van der Waals surface area contributed by atoms with Crippen LogP contribution in [-0.2, 0) is 21.9 Å². The first-order valence-electron chi connectivity index (χ1n) is 11.3. The number of nitrogens with zero attached hydrogens (tertiary/aromatic N) is 1. The number of amides is 2. The Bertz CT molecular complexity index is 872. The summed E-state index contributed by atoms with van der Waals surface area (Å²) in [5.41, 5.74) is 3.36. The quantitative estimate of drug-likeness (QED) is 0.433. The summed E-state index contributed by atoms with van der Waals surface area (Å²) in [6.45, 7) is 7.12. The van der Waals surface area contributed by atoms with Crippen molar-refractivity contribution >= 4 is 23.6 Å². The average Bonchev–Trinajstić information content (AvgIpc) is 2.79. The van der Waals surface area contributed by atoms with Gasteiger partial charge in [-0.3, -0.25) is 9.59 Å². The van der Waals surface area contributed by atoms with Gasteiger partial charge in [0.15, 0.2) is 0 Å². The van der Waals surface area contributed by atoms with Crippen LogP contribution >= 0.6 is 11.8 Å². The van der Waals surface area contributed by atoms with Crippen molar-refractivity contribution in [3.63, 3.8) is 0 Å². The molecule has 0 radical (unpaired) electrons.